The molecule has 0 saturated heterocycles. The molecule has 0 spiro atoms. The Morgan fingerprint density at radius 2 is 2.05 bits per heavy atom. The number of carbonyl (C=O) groups is 2. The molecule has 1 aliphatic rings. The van der Waals surface area contributed by atoms with Gasteiger partial charge in [0, 0.05) is 18.9 Å². The number of nitrogens with zero attached hydrogens (tertiary/aromatic N) is 1. The fourth-order valence-corrected chi connectivity index (χ4v) is 3.28. The lowest BCUT2D eigenvalue weighted by molar-refractivity contribution is -0.143. The van der Waals surface area contributed by atoms with E-state index >= 15 is 0 Å². The van der Waals surface area contributed by atoms with Gasteiger partial charge in [0.2, 0.25) is 5.91 Å². The molecule has 0 radical (unpaired) electrons. The van der Waals surface area contributed by atoms with E-state index in [-0.39, 0.29) is 29.9 Å². The maximum absolute atomic E-state index is 11.5. The van der Waals surface area contributed by atoms with E-state index in [0.717, 1.165) is 19.3 Å². The maximum Gasteiger partial charge on any atom is 0.306 e. The highest BCUT2D eigenvalue weighted by molar-refractivity contribution is 5.76. The largest absolute Gasteiger partial charge is 0.481 e. The highest BCUT2D eigenvalue weighted by atomic mass is 16.4. The Balaban J connectivity index is 2.96. The fourth-order valence-electron chi connectivity index (χ4n) is 3.28. The molecule has 0 aromatic heterocycles. The van der Waals surface area contributed by atoms with E-state index in [1.165, 1.54) is 6.92 Å². The van der Waals surface area contributed by atoms with Crippen LogP contribution in [0.1, 0.15) is 52.4 Å². The van der Waals surface area contributed by atoms with Crippen molar-refractivity contribution in [2.75, 3.05) is 0 Å². The van der Waals surface area contributed by atoms with Crippen LogP contribution in [0, 0.1) is 11.8 Å². The van der Waals surface area contributed by atoms with Gasteiger partial charge in [-0.1, -0.05) is 19.8 Å². The van der Waals surface area contributed by atoms with Gasteiger partial charge in [0.25, 0.3) is 0 Å². The van der Waals surface area contributed by atoms with E-state index in [9.17, 15) is 14.7 Å². The van der Waals surface area contributed by atoms with Gasteiger partial charge in [-0.05, 0) is 25.7 Å². The van der Waals surface area contributed by atoms with Gasteiger partial charge in [0.1, 0.15) is 0 Å². The topological polar surface area (TPSA) is 131 Å². The molecule has 1 aliphatic carbocycles. The number of amides is 1. The minimum Gasteiger partial charge on any atom is -0.481 e. The van der Waals surface area contributed by atoms with Crippen molar-refractivity contribution >= 4 is 17.8 Å². The Kier molecular flexibility index (Phi) is 7.14. The second-order valence-electron chi connectivity index (χ2n) is 6.08. The Morgan fingerprint density at radius 3 is 2.55 bits per heavy atom. The molecule has 0 aromatic rings. The van der Waals surface area contributed by atoms with Gasteiger partial charge >= 0.3 is 5.97 Å². The molecule has 7 nitrogen and oxygen atoms in total. The number of aliphatic carboxylic acids is 1. The zero-order chi connectivity index (χ0) is 16.7. The number of carbonyl (C=O) groups excluding carboxylic acids is 1. The van der Waals surface area contributed by atoms with Crippen molar-refractivity contribution in [3.05, 3.63) is 0 Å². The molecule has 1 rings (SSSR count). The van der Waals surface area contributed by atoms with Gasteiger partial charge in [-0.3, -0.25) is 9.59 Å². The zero-order valence-electron chi connectivity index (χ0n) is 13.4. The third kappa shape index (κ3) is 5.54. The van der Waals surface area contributed by atoms with Crippen molar-refractivity contribution < 1.29 is 14.7 Å². The first kappa shape index (κ1) is 18.3. The number of carboxylic acids is 1. The monoisotopic (exact) mass is 312 g/mol. The quantitative estimate of drug-likeness (QED) is 0.408. The smallest absolute Gasteiger partial charge is 0.306 e. The number of carboxylic acid groups (broad SMARTS) is 1. The molecule has 0 unspecified atom stereocenters. The van der Waals surface area contributed by atoms with Gasteiger partial charge in [0.05, 0.1) is 12.0 Å². The Hall–Kier alpha value is -1.79. The Morgan fingerprint density at radius 1 is 1.36 bits per heavy atom. The maximum atomic E-state index is 11.5. The molecule has 22 heavy (non-hydrogen) atoms. The molecule has 0 bridgehead atoms. The molecule has 0 aliphatic heterocycles. The first-order valence-corrected chi connectivity index (χ1v) is 7.93. The van der Waals surface area contributed by atoms with E-state index in [1.807, 2.05) is 0 Å². The average molecular weight is 312 g/mol. The molecule has 1 fully saturated rings. The summed E-state index contributed by atoms with van der Waals surface area (Å²) >= 11 is 0. The van der Waals surface area contributed by atoms with Crippen LogP contribution in [0.3, 0.4) is 0 Å². The predicted octanol–water partition coefficient (Wildman–Crippen LogP) is 0.824. The van der Waals surface area contributed by atoms with Crippen molar-refractivity contribution in [2.45, 2.75) is 64.5 Å². The van der Waals surface area contributed by atoms with Crippen molar-refractivity contribution in [1.82, 2.24) is 5.32 Å². The van der Waals surface area contributed by atoms with E-state index in [4.69, 9.17) is 11.5 Å². The highest BCUT2D eigenvalue weighted by Gasteiger charge is 2.38. The molecule has 126 valence electrons. The van der Waals surface area contributed by atoms with Crippen molar-refractivity contribution in [1.29, 1.82) is 0 Å². The third-order valence-electron chi connectivity index (χ3n) is 4.30. The van der Waals surface area contributed by atoms with Crippen LogP contribution in [0.25, 0.3) is 0 Å². The van der Waals surface area contributed by atoms with Gasteiger partial charge in [-0.2, -0.15) is 0 Å². The van der Waals surface area contributed by atoms with Crippen LogP contribution >= 0.6 is 0 Å². The molecule has 6 N–H and O–H groups in total. The summed E-state index contributed by atoms with van der Waals surface area (Å²) in [6.45, 7) is 3.56. The second-order valence-corrected chi connectivity index (χ2v) is 6.08. The summed E-state index contributed by atoms with van der Waals surface area (Å²) in [6, 6.07) is -0.220. The number of aliphatic imine (C=N–C) groups is 1. The minimum absolute atomic E-state index is 0.0147. The SMILES string of the molecule is CCCC[C@@H](NC(C)=O)[C@H]1C[C@@H](C(=O)O)CC[C@H]1N=C(N)N. The van der Waals surface area contributed by atoms with Gasteiger partial charge in [-0.15, -0.1) is 0 Å². The molecule has 1 amide bonds. The van der Waals surface area contributed by atoms with E-state index < -0.39 is 11.9 Å². The molecule has 1 saturated carbocycles. The molecule has 0 aromatic carbocycles. The standard InChI is InChI=1S/C15H28N4O3/c1-3-4-5-12(18-9(2)20)11-8-10(14(21)22)6-7-13(11)19-15(16)17/h10-13H,3-8H2,1-2H3,(H,18,20)(H,21,22)(H4,16,17,19)/t10-,11+,12+,13+/m0/s1. The van der Waals surface area contributed by atoms with Crippen LogP contribution in [0.4, 0.5) is 0 Å². The lowest BCUT2D eigenvalue weighted by atomic mass is 9.73. The Bertz CT molecular complexity index is 421. The van der Waals surface area contributed by atoms with Crippen LogP contribution in [0.15, 0.2) is 4.99 Å². The van der Waals surface area contributed by atoms with E-state index in [2.05, 4.69) is 17.2 Å². The van der Waals surface area contributed by atoms with Gasteiger partial charge < -0.3 is 21.9 Å². The number of nitrogens with one attached hydrogen (secondary N) is 1. The van der Waals surface area contributed by atoms with Gasteiger partial charge in [0.15, 0.2) is 5.96 Å². The summed E-state index contributed by atoms with van der Waals surface area (Å²) < 4.78 is 0. The fraction of sp³-hybridized carbons (Fsp3) is 0.800. The number of hydrogen-bond acceptors (Lipinski definition) is 3. The number of hydrogen-bond donors (Lipinski definition) is 4. The van der Waals surface area contributed by atoms with Crippen molar-refractivity contribution in [3.8, 4) is 0 Å². The molecule has 4 atom stereocenters. The van der Waals surface area contributed by atoms with E-state index in [1.54, 1.807) is 0 Å². The summed E-state index contributed by atoms with van der Waals surface area (Å²) in [5.74, 6) is -1.33. The van der Waals surface area contributed by atoms with Crippen molar-refractivity contribution in [2.24, 2.45) is 28.3 Å². The summed E-state index contributed by atoms with van der Waals surface area (Å²) in [6.07, 6.45) is 4.47. The molecular formula is C15H28N4O3. The first-order valence-electron chi connectivity index (χ1n) is 7.93. The predicted molar refractivity (Wildman–Crippen MR) is 85.2 cm³/mol. The third-order valence-corrected chi connectivity index (χ3v) is 4.30. The second kappa shape index (κ2) is 8.60. The van der Waals surface area contributed by atoms with Crippen LogP contribution in [-0.4, -0.2) is 35.0 Å². The van der Waals surface area contributed by atoms with Crippen LogP contribution in [0.5, 0.6) is 0 Å². The summed E-state index contributed by atoms with van der Waals surface area (Å²) in [4.78, 5) is 27.1. The van der Waals surface area contributed by atoms with Crippen LogP contribution < -0.4 is 16.8 Å². The minimum atomic E-state index is -0.787. The lowest BCUT2D eigenvalue weighted by Crippen LogP contribution is -2.47. The number of guanidine groups is 1. The van der Waals surface area contributed by atoms with Crippen LogP contribution in [0.2, 0.25) is 0 Å². The summed E-state index contributed by atoms with van der Waals surface area (Å²) in [7, 11) is 0. The van der Waals surface area contributed by atoms with Crippen LogP contribution in [-0.2, 0) is 9.59 Å². The average Bonchev–Trinajstić information content (AvgIpc) is 2.42. The van der Waals surface area contributed by atoms with Gasteiger partial charge in [-0.25, -0.2) is 4.99 Å². The number of unbranched alkanes of at least 4 members (excludes halogenated alkanes) is 1. The molecule has 0 heterocycles. The normalized spacial score (nSPS) is 26.0. The number of rotatable bonds is 7. The van der Waals surface area contributed by atoms with E-state index in [0.29, 0.717) is 19.3 Å². The molecular weight excluding hydrogens is 284 g/mol. The first-order chi connectivity index (χ1) is 10.3. The van der Waals surface area contributed by atoms with Crippen molar-refractivity contribution in [3.63, 3.8) is 0 Å². The zero-order valence-corrected chi connectivity index (χ0v) is 13.4. The summed E-state index contributed by atoms with van der Waals surface area (Å²) in [5, 5.41) is 12.3. The lowest BCUT2D eigenvalue weighted by Gasteiger charge is -2.38. The molecule has 7 heteroatoms. The Labute approximate surface area is 131 Å². The number of nitrogens with two attached hydrogens (primary N) is 2. The summed E-state index contributed by atoms with van der Waals surface area (Å²) in [5.41, 5.74) is 11.0. The highest BCUT2D eigenvalue weighted by Crippen LogP contribution is 2.35.